The Labute approximate surface area is 182 Å². The minimum Gasteiger partial charge on any atom is -0.299 e. The lowest BCUT2D eigenvalue weighted by Gasteiger charge is -2.15. The van der Waals surface area contributed by atoms with E-state index in [9.17, 15) is 9.18 Å². The van der Waals surface area contributed by atoms with Crippen molar-refractivity contribution in [1.82, 2.24) is 14.5 Å². The molecule has 7 heteroatoms. The second-order valence-electron chi connectivity index (χ2n) is 6.81. The van der Waals surface area contributed by atoms with Gasteiger partial charge in [-0.3, -0.25) is 14.3 Å². The predicted octanol–water partition coefficient (Wildman–Crippen LogP) is 5.55. The minimum absolute atomic E-state index is 0.230. The molecule has 0 bridgehead atoms. The Morgan fingerprint density at radius 2 is 1.57 bits per heavy atom. The smallest absolute Gasteiger partial charge is 0.261 e. The molecule has 0 aliphatic rings. The third-order valence-corrected chi connectivity index (χ3v) is 5.19. The molecule has 4 nitrogen and oxygen atoms in total. The molecule has 2 heterocycles. The van der Waals surface area contributed by atoms with Crippen molar-refractivity contribution >= 4 is 23.2 Å². The number of hydrogen-bond acceptors (Lipinski definition) is 3. The summed E-state index contributed by atoms with van der Waals surface area (Å²) in [6, 6.07) is 14.6. The summed E-state index contributed by atoms with van der Waals surface area (Å²) < 4.78 is 14.9. The average Bonchev–Trinajstić information content (AvgIpc) is 2.72. The maximum Gasteiger partial charge on any atom is 0.261 e. The van der Waals surface area contributed by atoms with Crippen LogP contribution in [0.1, 0.15) is 11.4 Å². The van der Waals surface area contributed by atoms with Gasteiger partial charge in [0.2, 0.25) is 0 Å². The number of halogens is 3. The van der Waals surface area contributed by atoms with Crippen LogP contribution in [0, 0.1) is 5.82 Å². The monoisotopic (exact) mass is 439 g/mol. The number of benzene rings is 2. The molecule has 0 radical (unpaired) electrons. The molecule has 0 fully saturated rings. The quantitative estimate of drug-likeness (QED) is 0.418. The lowest BCUT2D eigenvalue weighted by Crippen LogP contribution is -2.25. The van der Waals surface area contributed by atoms with Crippen molar-refractivity contribution in [2.75, 3.05) is 0 Å². The molecule has 2 aromatic carbocycles. The van der Waals surface area contributed by atoms with Crippen molar-refractivity contribution in [3.63, 3.8) is 0 Å². The number of aromatic nitrogens is 3. The van der Waals surface area contributed by atoms with Gasteiger partial charge >= 0.3 is 0 Å². The highest BCUT2D eigenvalue weighted by Crippen LogP contribution is 2.29. The van der Waals surface area contributed by atoms with E-state index >= 15 is 0 Å². The molecule has 0 unspecified atom stereocenters. The molecule has 0 saturated carbocycles. The van der Waals surface area contributed by atoms with E-state index in [2.05, 4.69) is 4.98 Å². The van der Waals surface area contributed by atoms with E-state index in [1.165, 1.54) is 16.7 Å². The Morgan fingerprint density at radius 1 is 0.933 bits per heavy atom. The summed E-state index contributed by atoms with van der Waals surface area (Å²) in [4.78, 5) is 22.2. The molecule has 2 aromatic heterocycles. The first-order valence-corrected chi connectivity index (χ1v) is 9.89. The fourth-order valence-electron chi connectivity index (χ4n) is 3.30. The van der Waals surface area contributed by atoms with Gasteiger partial charge in [0.05, 0.1) is 11.3 Å². The minimum atomic E-state index is -0.372. The van der Waals surface area contributed by atoms with Gasteiger partial charge in [-0.2, -0.15) is 0 Å². The molecular weight excluding hydrogens is 424 g/mol. The highest BCUT2D eigenvalue weighted by molar-refractivity contribution is 6.34. The maximum atomic E-state index is 13.4. The van der Waals surface area contributed by atoms with Crippen LogP contribution in [-0.2, 0) is 13.5 Å². The van der Waals surface area contributed by atoms with Crippen LogP contribution in [0.4, 0.5) is 4.39 Å². The van der Waals surface area contributed by atoms with Crippen LogP contribution in [0.5, 0.6) is 0 Å². The molecule has 0 N–H and O–H groups in total. The van der Waals surface area contributed by atoms with E-state index in [1.807, 2.05) is 0 Å². The van der Waals surface area contributed by atoms with Crippen LogP contribution in [0.15, 0.2) is 71.8 Å². The Bertz CT molecular complexity index is 1250. The Morgan fingerprint density at radius 3 is 2.20 bits per heavy atom. The molecule has 0 aliphatic carbocycles. The van der Waals surface area contributed by atoms with E-state index in [0.29, 0.717) is 39.1 Å². The summed E-state index contributed by atoms with van der Waals surface area (Å²) in [6.07, 6.45) is 3.65. The standard InChI is InChI=1S/C23H16Cl2FN3O/c1-29-20(12-14-10-17(24)13-18(25)11-14)28-22(16-6-8-27-9-7-16)21(23(29)30)15-2-4-19(26)5-3-15/h2-11,13H,12H2,1H3. The summed E-state index contributed by atoms with van der Waals surface area (Å²) in [5.41, 5.74) is 2.85. The summed E-state index contributed by atoms with van der Waals surface area (Å²) in [5.74, 6) is 0.180. The Kier molecular flexibility index (Phi) is 5.66. The molecule has 30 heavy (non-hydrogen) atoms. The first-order chi connectivity index (χ1) is 14.4. The molecule has 0 saturated heterocycles. The summed E-state index contributed by atoms with van der Waals surface area (Å²) >= 11 is 12.2. The van der Waals surface area contributed by atoms with Gasteiger partial charge in [-0.25, -0.2) is 9.37 Å². The first-order valence-electron chi connectivity index (χ1n) is 9.13. The van der Waals surface area contributed by atoms with E-state index < -0.39 is 0 Å². The molecule has 4 aromatic rings. The van der Waals surface area contributed by atoms with E-state index in [0.717, 1.165) is 11.1 Å². The SMILES string of the molecule is Cn1c(Cc2cc(Cl)cc(Cl)c2)nc(-c2ccncc2)c(-c2ccc(F)cc2)c1=O. The lowest BCUT2D eigenvalue weighted by molar-refractivity contribution is 0.628. The van der Waals surface area contributed by atoms with E-state index in [-0.39, 0.29) is 11.4 Å². The van der Waals surface area contributed by atoms with Crippen molar-refractivity contribution in [3.8, 4) is 22.4 Å². The van der Waals surface area contributed by atoms with Crippen LogP contribution in [0.25, 0.3) is 22.4 Å². The Hall–Kier alpha value is -3.02. The van der Waals surface area contributed by atoms with Gasteiger partial charge in [-0.15, -0.1) is 0 Å². The fourth-order valence-corrected chi connectivity index (χ4v) is 3.87. The number of hydrogen-bond donors (Lipinski definition) is 0. The second kappa shape index (κ2) is 8.38. The highest BCUT2D eigenvalue weighted by Gasteiger charge is 2.18. The van der Waals surface area contributed by atoms with E-state index in [1.54, 1.807) is 61.9 Å². The van der Waals surface area contributed by atoms with Gasteiger partial charge in [0, 0.05) is 41.5 Å². The third-order valence-electron chi connectivity index (χ3n) is 4.75. The first kappa shape index (κ1) is 20.3. The van der Waals surface area contributed by atoms with Gasteiger partial charge in [-0.1, -0.05) is 35.3 Å². The van der Waals surface area contributed by atoms with Crippen LogP contribution < -0.4 is 5.56 Å². The average molecular weight is 440 g/mol. The summed E-state index contributed by atoms with van der Waals surface area (Å²) in [6.45, 7) is 0. The molecule has 0 atom stereocenters. The lowest BCUT2D eigenvalue weighted by atomic mass is 10.0. The molecule has 0 spiro atoms. The predicted molar refractivity (Wildman–Crippen MR) is 117 cm³/mol. The molecular formula is C23H16Cl2FN3O. The molecule has 4 rings (SSSR count). The van der Waals surface area contributed by atoms with Crippen LogP contribution in [0.3, 0.4) is 0 Å². The van der Waals surface area contributed by atoms with Gasteiger partial charge in [0.25, 0.3) is 5.56 Å². The molecule has 0 aliphatic heterocycles. The maximum absolute atomic E-state index is 13.4. The normalized spacial score (nSPS) is 10.9. The largest absolute Gasteiger partial charge is 0.299 e. The van der Waals surface area contributed by atoms with Crippen LogP contribution >= 0.6 is 23.2 Å². The third kappa shape index (κ3) is 4.13. The highest BCUT2D eigenvalue weighted by atomic mass is 35.5. The van der Waals surface area contributed by atoms with Crippen molar-refractivity contribution in [3.05, 3.63) is 105 Å². The van der Waals surface area contributed by atoms with Crippen molar-refractivity contribution < 1.29 is 4.39 Å². The number of rotatable bonds is 4. The van der Waals surface area contributed by atoms with Crippen LogP contribution in [0.2, 0.25) is 10.0 Å². The Balaban J connectivity index is 1.93. The van der Waals surface area contributed by atoms with Gasteiger partial charge in [-0.05, 0) is 53.6 Å². The summed E-state index contributed by atoms with van der Waals surface area (Å²) in [7, 11) is 1.67. The zero-order chi connectivity index (χ0) is 21.3. The zero-order valence-electron chi connectivity index (χ0n) is 15.9. The summed E-state index contributed by atoms with van der Waals surface area (Å²) in [5, 5.41) is 1.03. The number of pyridine rings is 1. The molecule has 0 amide bonds. The second-order valence-corrected chi connectivity index (χ2v) is 7.69. The van der Waals surface area contributed by atoms with Gasteiger partial charge < -0.3 is 0 Å². The van der Waals surface area contributed by atoms with Crippen molar-refractivity contribution in [2.45, 2.75) is 6.42 Å². The van der Waals surface area contributed by atoms with E-state index in [4.69, 9.17) is 28.2 Å². The fraction of sp³-hybridized carbons (Fsp3) is 0.0870. The van der Waals surface area contributed by atoms with Gasteiger partial charge in [0.15, 0.2) is 0 Å². The zero-order valence-corrected chi connectivity index (χ0v) is 17.5. The van der Waals surface area contributed by atoms with Crippen molar-refractivity contribution in [1.29, 1.82) is 0 Å². The van der Waals surface area contributed by atoms with Crippen molar-refractivity contribution in [2.24, 2.45) is 7.05 Å². The van der Waals surface area contributed by atoms with Gasteiger partial charge in [0.1, 0.15) is 11.6 Å². The topological polar surface area (TPSA) is 47.8 Å². The van der Waals surface area contributed by atoms with Crippen LogP contribution in [-0.4, -0.2) is 14.5 Å². The number of nitrogens with zero attached hydrogens (tertiary/aromatic N) is 3. The molecule has 150 valence electrons.